The Kier molecular flexibility index (Phi) is 7.17. The van der Waals surface area contributed by atoms with Crippen LogP contribution in [0.2, 0.25) is 5.02 Å². The minimum absolute atomic E-state index is 0.0217. The van der Waals surface area contributed by atoms with E-state index in [1.165, 1.54) is 6.07 Å². The van der Waals surface area contributed by atoms with Crippen LogP contribution < -0.4 is 11.3 Å². The zero-order valence-electron chi connectivity index (χ0n) is 19.1. The van der Waals surface area contributed by atoms with Gasteiger partial charge in [-0.15, -0.1) is 0 Å². The fraction of sp³-hybridized carbons (Fsp3) is 0.360. The third kappa shape index (κ3) is 5.22. The summed E-state index contributed by atoms with van der Waals surface area (Å²) in [6.45, 7) is 2.82. The van der Waals surface area contributed by atoms with Crippen LogP contribution in [0.1, 0.15) is 49.5 Å². The SMILES string of the molecule is Cc1cc(O)cc(=O)n1CCCC(=O)N1CCCCC1c1nc(N)ncc1-c1ccc(Cl)cc1. The number of halogens is 1. The quantitative estimate of drug-likeness (QED) is 0.548. The molecule has 4 rings (SSSR count). The zero-order chi connectivity index (χ0) is 24.2. The van der Waals surface area contributed by atoms with Crippen LogP contribution in [-0.2, 0) is 11.3 Å². The van der Waals surface area contributed by atoms with Crippen molar-refractivity contribution < 1.29 is 9.90 Å². The van der Waals surface area contributed by atoms with Crippen molar-refractivity contribution in [3.05, 3.63) is 69.4 Å². The van der Waals surface area contributed by atoms with Crippen LogP contribution in [-0.4, -0.2) is 37.0 Å². The van der Waals surface area contributed by atoms with E-state index in [0.717, 1.165) is 36.1 Å². The van der Waals surface area contributed by atoms with E-state index in [0.29, 0.717) is 36.6 Å². The number of hydrogen-bond acceptors (Lipinski definition) is 6. The average Bonchev–Trinajstić information content (AvgIpc) is 2.81. The molecule has 1 aliphatic heterocycles. The number of aryl methyl sites for hydroxylation is 1. The van der Waals surface area contributed by atoms with Crippen molar-refractivity contribution in [1.82, 2.24) is 19.4 Å². The first-order chi connectivity index (χ1) is 16.3. The molecule has 1 amide bonds. The summed E-state index contributed by atoms with van der Waals surface area (Å²) in [6.07, 6.45) is 5.23. The molecule has 0 radical (unpaired) electrons. The number of likely N-dealkylation sites (tertiary alicyclic amines) is 1. The first-order valence-electron chi connectivity index (χ1n) is 11.4. The third-order valence-electron chi connectivity index (χ3n) is 6.22. The molecule has 1 atom stereocenters. The van der Waals surface area contributed by atoms with Crippen LogP contribution in [0, 0.1) is 6.92 Å². The summed E-state index contributed by atoms with van der Waals surface area (Å²) in [6, 6.07) is 9.98. The molecule has 1 saturated heterocycles. The van der Waals surface area contributed by atoms with E-state index in [1.807, 2.05) is 29.2 Å². The summed E-state index contributed by atoms with van der Waals surface area (Å²) >= 11 is 6.06. The molecule has 3 aromatic rings. The Morgan fingerprint density at radius 3 is 2.74 bits per heavy atom. The fourth-order valence-corrected chi connectivity index (χ4v) is 4.69. The number of amides is 1. The molecule has 0 spiro atoms. The number of nitrogen functional groups attached to an aromatic ring is 1. The van der Waals surface area contributed by atoms with Crippen LogP contribution >= 0.6 is 11.6 Å². The van der Waals surface area contributed by atoms with Gasteiger partial charge < -0.3 is 20.3 Å². The molecule has 0 saturated carbocycles. The van der Waals surface area contributed by atoms with Crippen molar-refractivity contribution in [3.63, 3.8) is 0 Å². The topological polar surface area (TPSA) is 114 Å². The normalized spacial score (nSPS) is 15.9. The number of rotatable bonds is 6. The maximum Gasteiger partial charge on any atom is 0.254 e. The van der Waals surface area contributed by atoms with Gasteiger partial charge in [-0.05, 0) is 56.4 Å². The molecule has 2 aromatic heterocycles. The summed E-state index contributed by atoms with van der Waals surface area (Å²) in [5.41, 5.74) is 8.83. The highest BCUT2D eigenvalue weighted by molar-refractivity contribution is 6.30. The smallest absolute Gasteiger partial charge is 0.254 e. The second kappa shape index (κ2) is 10.3. The number of benzene rings is 1. The van der Waals surface area contributed by atoms with Gasteiger partial charge in [-0.1, -0.05) is 23.7 Å². The second-order valence-electron chi connectivity index (χ2n) is 8.58. The lowest BCUT2D eigenvalue weighted by Crippen LogP contribution is -2.39. The van der Waals surface area contributed by atoms with Gasteiger partial charge in [0.1, 0.15) is 5.75 Å². The summed E-state index contributed by atoms with van der Waals surface area (Å²) in [5.74, 6) is 0.146. The van der Waals surface area contributed by atoms with Crippen molar-refractivity contribution in [2.24, 2.45) is 0 Å². The predicted octanol–water partition coefficient (Wildman–Crippen LogP) is 4.09. The van der Waals surface area contributed by atoms with E-state index in [9.17, 15) is 14.7 Å². The summed E-state index contributed by atoms with van der Waals surface area (Å²) in [7, 11) is 0. The number of nitrogens with zero attached hydrogens (tertiary/aromatic N) is 4. The number of hydrogen-bond donors (Lipinski definition) is 2. The first-order valence-corrected chi connectivity index (χ1v) is 11.8. The van der Waals surface area contributed by atoms with Crippen LogP contribution in [0.4, 0.5) is 5.95 Å². The molecule has 0 aliphatic carbocycles. The highest BCUT2D eigenvalue weighted by Gasteiger charge is 2.31. The summed E-state index contributed by atoms with van der Waals surface area (Å²) in [5, 5.41) is 10.2. The van der Waals surface area contributed by atoms with E-state index in [4.69, 9.17) is 17.3 Å². The van der Waals surface area contributed by atoms with Gasteiger partial charge >= 0.3 is 0 Å². The number of pyridine rings is 1. The van der Waals surface area contributed by atoms with Crippen LogP contribution in [0.15, 0.2) is 47.4 Å². The van der Waals surface area contributed by atoms with Crippen molar-refractivity contribution in [3.8, 4) is 16.9 Å². The van der Waals surface area contributed by atoms with Crippen molar-refractivity contribution in [1.29, 1.82) is 0 Å². The summed E-state index contributed by atoms with van der Waals surface area (Å²) < 4.78 is 1.57. The standard InChI is InChI=1S/C25H28ClN5O3/c1-16-13-19(32)14-23(34)30(16)12-4-6-22(33)31-11-3-2-5-21(31)24-20(15-28-25(27)29-24)17-7-9-18(26)10-8-17/h7-10,13-15,21,32H,2-6,11-12H2,1H3,(H2,27,28,29). The lowest BCUT2D eigenvalue weighted by Gasteiger charge is -2.36. The van der Waals surface area contributed by atoms with Gasteiger partial charge in [-0.3, -0.25) is 9.59 Å². The molecule has 178 valence electrons. The largest absolute Gasteiger partial charge is 0.508 e. The Bertz CT molecular complexity index is 1240. The minimum atomic E-state index is -0.273. The Balaban J connectivity index is 1.54. The third-order valence-corrected chi connectivity index (χ3v) is 6.48. The van der Waals surface area contributed by atoms with Gasteiger partial charge in [0.2, 0.25) is 11.9 Å². The van der Waals surface area contributed by atoms with E-state index >= 15 is 0 Å². The van der Waals surface area contributed by atoms with Crippen molar-refractivity contribution >= 4 is 23.5 Å². The van der Waals surface area contributed by atoms with Gasteiger partial charge in [-0.2, -0.15) is 0 Å². The molecule has 1 fully saturated rings. The fourth-order valence-electron chi connectivity index (χ4n) is 4.56. The molecule has 3 N–H and O–H groups in total. The Hall–Kier alpha value is -3.39. The molecular formula is C25H28ClN5O3. The Morgan fingerprint density at radius 1 is 1.24 bits per heavy atom. The molecule has 34 heavy (non-hydrogen) atoms. The second-order valence-corrected chi connectivity index (χ2v) is 9.02. The highest BCUT2D eigenvalue weighted by Crippen LogP contribution is 2.36. The number of nitrogens with two attached hydrogens (primary N) is 1. The van der Waals surface area contributed by atoms with Crippen LogP contribution in [0.3, 0.4) is 0 Å². The average molecular weight is 482 g/mol. The lowest BCUT2D eigenvalue weighted by molar-refractivity contribution is -0.135. The van der Waals surface area contributed by atoms with Gasteiger partial charge in [0, 0.05) is 48.1 Å². The lowest BCUT2D eigenvalue weighted by atomic mass is 9.93. The van der Waals surface area contributed by atoms with E-state index < -0.39 is 0 Å². The number of anilines is 1. The van der Waals surface area contributed by atoms with Gasteiger partial charge in [0.15, 0.2) is 0 Å². The van der Waals surface area contributed by atoms with Crippen molar-refractivity contribution in [2.75, 3.05) is 12.3 Å². The van der Waals surface area contributed by atoms with Gasteiger partial charge in [0.25, 0.3) is 5.56 Å². The van der Waals surface area contributed by atoms with E-state index in [1.54, 1.807) is 23.8 Å². The molecule has 0 bridgehead atoms. The number of carbonyl (C=O) groups is 1. The Morgan fingerprint density at radius 2 is 2.00 bits per heavy atom. The zero-order valence-corrected chi connectivity index (χ0v) is 19.8. The molecular weight excluding hydrogens is 454 g/mol. The maximum absolute atomic E-state index is 13.3. The van der Waals surface area contributed by atoms with E-state index in [-0.39, 0.29) is 29.2 Å². The highest BCUT2D eigenvalue weighted by atomic mass is 35.5. The number of aromatic hydroxyl groups is 1. The first kappa shape index (κ1) is 23.8. The molecule has 9 heteroatoms. The van der Waals surface area contributed by atoms with Gasteiger partial charge in [0.05, 0.1) is 11.7 Å². The molecule has 1 aromatic carbocycles. The minimum Gasteiger partial charge on any atom is -0.508 e. The molecule has 1 aliphatic rings. The number of aromatic nitrogens is 3. The summed E-state index contributed by atoms with van der Waals surface area (Å²) in [4.78, 5) is 36.1. The molecule has 1 unspecified atom stereocenters. The number of piperidine rings is 1. The predicted molar refractivity (Wildman–Crippen MR) is 132 cm³/mol. The molecule has 8 nitrogen and oxygen atoms in total. The number of carbonyl (C=O) groups excluding carboxylic acids is 1. The van der Waals surface area contributed by atoms with Crippen LogP contribution in [0.5, 0.6) is 5.75 Å². The van der Waals surface area contributed by atoms with Crippen LogP contribution in [0.25, 0.3) is 11.1 Å². The van der Waals surface area contributed by atoms with Crippen molar-refractivity contribution in [2.45, 2.75) is 51.6 Å². The van der Waals surface area contributed by atoms with Gasteiger partial charge in [-0.25, -0.2) is 9.97 Å². The van der Waals surface area contributed by atoms with E-state index in [2.05, 4.69) is 9.97 Å². The molecule has 3 heterocycles. The maximum atomic E-state index is 13.3. The Labute approximate surface area is 203 Å². The monoisotopic (exact) mass is 481 g/mol.